The summed E-state index contributed by atoms with van der Waals surface area (Å²) in [6.45, 7) is 0.427. The van der Waals surface area contributed by atoms with Gasteiger partial charge in [0, 0.05) is 28.8 Å². The van der Waals surface area contributed by atoms with Crippen molar-refractivity contribution in [3.63, 3.8) is 0 Å². The van der Waals surface area contributed by atoms with E-state index in [4.69, 9.17) is 5.11 Å². The summed E-state index contributed by atoms with van der Waals surface area (Å²) in [4.78, 5) is 11.3. The van der Waals surface area contributed by atoms with E-state index in [1.165, 1.54) is 11.3 Å². The molecule has 1 heterocycles. The minimum atomic E-state index is -3.65. The van der Waals surface area contributed by atoms with Crippen LogP contribution in [0, 0.1) is 0 Å². The van der Waals surface area contributed by atoms with Gasteiger partial charge in [-0.1, -0.05) is 18.2 Å². The van der Waals surface area contributed by atoms with E-state index in [0.29, 0.717) is 12.2 Å². The minimum absolute atomic E-state index is 0.0681. The second-order valence-corrected chi connectivity index (χ2v) is 8.76. The molecule has 3 aromatic rings. The summed E-state index contributed by atoms with van der Waals surface area (Å²) >= 11 is 0. The lowest BCUT2D eigenvalue weighted by atomic mass is 9.95. The topological polar surface area (TPSA) is 88.4 Å². The number of aryl methyl sites for hydroxylation is 2. The number of nitrogens with one attached hydrogen (secondary N) is 1. The van der Waals surface area contributed by atoms with E-state index in [-0.39, 0.29) is 11.3 Å². The standard InChI is InChI=1S/C21H22N2O4S/c24-21(25)12-13-23-19-9-5-4-8-17(19)18-14-15(10-11-20(18)23)22-28(26,27)16-6-2-1-3-7-16/h1-3,6-7,10-11,14,22H,4-5,8-9,12-13H2,(H,24,25). The van der Waals surface area contributed by atoms with Gasteiger partial charge >= 0.3 is 5.97 Å². The molecule has 0 amide bonds. The van der Waals surface area contributed by atoms with Crippen LogP contribution in [0.5, 0.6) is 0 Å². The van der Waals surface area contributed by atoms with Gasteiger partial charge in [-0.15, -0.1) is 0 Å². The normalized spacial score (nSPS) is 14.0. The highest BCUT2D eigenvalue weighted by Crippen LogP contribution is 2.34. The predicted molar refractivity (Wildman–Crippen MR) is 108 cm³/mol. The molecule has 0 aliphatic heterocycles. The average Bonchev–Trinajstić information content (AvgIpc) is 3.00. The third-order valence-electron chi connectivity index (χ3n) is 5.23. The van der Waals surface area contributed by atoms with Gasteiger partial charge in [-0.2, -0.15) is 0 Å². The van der Waals surface area contributed by atoms with Gasteiger partial charge in [-0.05, 0) is 61.6 Å². The zero-order valence-corrected chi connectivity index (χ0v) is 16.2. The van der Waals surface area contributed by atoms with Gasteiger partial charge < -0.3 is 9.67 Å². The van der Waals surface area contributed by atoms with Crippen molar-refractivity contribution in [3.05, 3.63) is 59.8 Å². The summed E-state index contributed by atoms with van der Waals surface area (Å²) in [6, 6.07) is 13.8. The van der Waals surface area contributed by atoms with Crippen LogP contribution in [0.15, 0.2) is 53.4 Å². The van der Waals surface area contributed by atoms with Gasteiger partial charge in [0.2, 0.25) is 0 Å². The molecule has 1 aliphatic rings. The molecule has 0 fully saturated rings. The maximum absolute atomic E-state index is 12.6. The highest BCUT2D eigenvalue weighted by molar-refractivity contribution is 7.92. The number of aromatic nitrogens is 1. The van der Waals surface area contributed by atoms with Gasteiger partial charge in [-0.3, -0.25) is 9.52 Å². The number of sulfonamides is 1. The van der Waals surface area contributed by atoms with Gasteiger partial charge in [-0.25, -0.2) is 8.42 Å². The molecule has 0 saturated carbocycles. The number of benzene rings is 2. The van der Waals surface area contributed by atoms with Crippen LogP contribution >= 0.6 is 0 Å². The van der Waals surface area contributed by atoms with Crippen LogP contribution in [0.4, 0.5) is 5.69 Å². The van der Waals surface area contributed by atoms with Crippen molar-refractivity contribution in [3.8, 4) is 0 Å². The lowest BCUT2D eigenvalue weighted by molar-refractivity contribution is -0.137. The van der Waals surface area contributed by atoms with Crippen molar-refractivity contribution in [1.29, 1.82) is 0 Å². The van der Waals surface area contributed by atoms with E-state index in [1.807, 2.05) is 12.1 Å². The number of rotatable bonds is 6. The van der Waals surface area contributed by atoms with Crippen LogP contribution in [-0.2, 0) is 34.2 Å². The van der Waals surface area contributed by atoms with E-state index >= 15 is 0 Å². The molecule has 1 aromatic heterocycles. The first-order chi connectivity index (χ1) is 13.5. The summed E-state index contributed by atoms with van der Waals surface area (Å²) in [6.07, 6.45) is 4.10. The molecule has 28 heavy (non-hydrogen) atoms. The van der Waals surface area contributed by atoms with E-state index in [1.54, 1.807) is 36.4 Å². The molecule has 0 atom stereocenters. The van der Waals surface area contributed by atoms with Crippen LogP contribution in [0.2, 0.25) is 0 Å². The van der Waals surface area contributed by atoms with Crippen LogP contribution in [0.1, 0.15) is 30.5 Å². The number of carboxylic acids is 1. The molecule has 7 heteroatoms. The number of carboxylic acid groups (broad SMARTS) is 1. The molecule has 2 N–H and O–H groups in total. The first-order valence-corrected chi connectivity index (χ1v) is 10.9. The summed E-state index contributed by atoms with van der Waals surface area (Å²) < 4.78 is 30.0. The number of hydrogen-bond donors (Lipinski definition) is 2. The number of fused-ring (bicyclic) bond motifs is 3. The zero-order valence-electron chi connectivity index (χ0n) is 15.4. The Morgan fingerprint density at radius 2 is 1.82 bits per heavy atom. The van der Waals surface area contributed by atoms with Crippen LogP contribution in [0.3, 0.4) is 0 Å². The molecular weight excluding hydrogens is 376 g/mol. The number of aliphatic carboxylic acids is 1. The molecule has 1 aliphatic carbocycles. The van der Waals surface area contributed by atoms with Crippen LogP contribution in [-0.4, -0.2) is 24.1 Å². The Hall–Kier alpha value is -2.80. The Morgan fingerprint density at radius 3 is 2.57 bits per heavy atom. The number of anilines is 1. The fourth-order valence-electron chi connectivity index (χ4n) is 3.98. The molecule has 0 radical (unpaired) electrons. The lowest BCUT2D eigenvalue weighted by Crippen LogP contribution is -2.12. The van der Waals surface area contributed by atoms with E-state index < -0.39 is 16.0 Å². The maximum atomic E-state index is 12.6. The van der Waals surface area contributed by atoms with Crippen molar-refractivity contribution in [2.24, 2.45) is 0 Å². The molecule has 0 spiro atoms. The highest BCUT2D eigenvalue weighted by Gasteiger charge is 2.21. The fourth-order valence-corrected chi connectivity index (χ4v) is 5.05. The average molecular weight is 398 g/mol. The second kappa shape index (κ2) is 7.31. The van der Waals surface area contributed by atoms with Crippen molar-refractivity contribution < 1.29 is 18.3 Å². The Bertz CT molecular complexity index is 1130. The summed E-state index contributed by atoms with van der Waals surface area (Å²) in [5, 5.41) is 10.1. The quantitative estimate of drug-likeness (QED) is 0.661. The van der Waals surface area contributed by atoms with Gasteiger partial charge in [0.25, 0.3) is 10.0 Å². The van der Waals surface area contributed by atoms with E-state index in [0.717, 1.165) is 36.6 Å². The van der Waals surface area contributed by atoms with Crippen LogP contribution in [0.25, 0.3) is 10.9 Å². The summed E-state index contributed by atoms with van der Waals surface area (Å²) in [7, 11) is -3.65. The number of nitrogens with zero attached hydrogens (tertiary/aromatic N) is 1. The third-order valence-corrected chi connectivity index (χ3v) is 6.63. The second-order valence-electron chi connectivity index (χ2n) is 7.08. The Kier molecular flexibility index (Phi) is 4.85. The van der Waals surface area contributed by atoms with Crippen LogP contribution < -0.4 is 4.72 Å². The largest absolute Gasteiger partial charge is 0.481 e. The van der Waals surface area contributed by atoms with Crippen molar-refractivity contribution in [2.45, 2.75) is 43.5 Å². The minimum Gasteiger partial charge on any atom is -0.481 e. The van der Waals surface area contributed by atoms with Gasteiger partial charge in [0.05, 0.1) is 11.3 Å². The van der Waals surface area contributed by atoms with Gasteiger partial charge in [0.15, 0.2) is 0 Å². The van der Waals surface area contributed by atoms with Crippen molar-refractivity contribution in [1.82, 2.24) is 4.57 Å². The van der Waals surface area contributed by atoms with Gasteiger partial charge in [0.1, 0.15) is 0 Å². The molecule has 0 unspecified atom stereocenters. The Labute approximate surface area is 163 Å². The van der Waals surface area contributed by atoms with Crippen molar-refractivity contribution in [2.75, 3.05) is 4.72 Å². The molecule has 4 rings (SSSR count). The highest BCUT2D eigenvalue weighted by atomic mass is 32.2. The molecule has 146 valence electrons. The monoisotopic (exact) mass is 398 g/mol. The predicted octanol–water partition coefficient (Wildman–Crippen LogP) is 3.80. The maximum Gasteiger partial charge on any atom is 0.305 e. The SMILES string of the molecule is O=C(O)CCn1c2c(c3cc(NS(=O)(=O)c4ccccc4)ccc31)CCCC2. The van der Waals surface area contributed by atoms with E-state index in [9.17, 15) is 13.2 Å². The third kappa shape index (κ3) is 3.49. The summed E-state index contributed by atoms with van der Waals surface area (Å²) in [5.41, 5.74) is 3.88. The first kappa shape index (κ1) is 18.6. The molecule has 2 aromatic carbocycles. The lowest BCUT2D eigenvalue weighted by Gasteiger charge is -2.15. The van der Waals surface area contributed by atoms with E-state index in [2.05, 4.69) is 9.29 Å². The molecule has 6 nitrogen and oxygen atoms in total. The zero-order chi connectivity index (χ0) is 19.7. The fraction of sp³-hybridized carbons (Fsp3) is 0.286. The first-order valence-electron chi connectivity index (χ1n) is 9.39. The van der Waals surface area contributed by atoms with Crippen molar-refractivity contribution >= 4 is 32.6 Å². The number of carbonyl (C=O) groups is 1. The molecule has 0 bridgehead atoms. The summed E-state index contributed by atoms with van der Waals surface area (Å²) in [5.74, 6) is -0.821. The molecular formula is C21H22N2O4S. The number of hydrogen-bond acceptors (Lipinski definition) is 3. The smallest absolute Gasteiger partial charge is 0.305 e. The molecule has 0 saturated heterocycles. The Morgan fingerprint density at radius 1 is 1.07 bits per heavy atom. The Balaban J connectivity index is 1.74.